The van der Waals surface area contributed by atoms with E-state index < -0.39 is 10.0 Å². The number of sulfonamides is 1. The number of rotatable bonds is 4. The van der Waals surface area contributed by atoms with Gasteiger partial charge in [0.2, 0.25) is 10.0 Å². The molecular formula is C14H22N2O2S. The van der Waals surface area contributed by atoms with Crippen LogP contribution >= 0.6 is 0 Å². The first-order valence-corrected chi connectivity index (χ1v) is 8.12. The van der Waals surface area contributed by atoms with E-state index in [0.717, 1.165) is 24.0 Å². The quantitative estimate of drug-likeness (QED) is 0.862. The molecular weight excluding hydrogens is 260 g/mol. The first kappa shape index (κ1) is 14.3. The van der Waals surface area contributed by atoms with Gasteiger partial charge in [0, 0.05) is 18.3 Å². The van der Waals surface area contributed by atoms with Crippen LogP contribution in [0.3, 0.4) is 0 Å². The number of aryl methyl sites for hydroxylation is 1. The molecule has 106 valence electrons. The lowest BCUT2D eigenvalue weighted by Gasteiger charge is -2.24. The standard InChI is InChI=1S/C14H22N2O2S/c1-5-16(12-6-7-12)19(17,18)14-10(3)9(2)8-13(15)11(14)4/h8,12H,5-7,15H2,1-4H3. The first-order chi connectivity index (χ1) is 8.80. The zero-order chi connectivity index (χ0) is 14.4. The Labute approximate surface area is 115 Å². The van der Waals surface area contributed by atoms with Gasteiger partial charge >= 0.3 is 0 Å². The maximum Gasteiger partial charge on any atom is 0.243 e. The van der Waals surface area contributed by atoms with Gasteiger partial charge in [-0.15, -0.1) is 0 Å². The molecule has 1 fully saturated rings. The molecule has 1 saturated carbocycles. The molecule has 0 atom stereocenters. The van der Waals surface area contributed by atoms with Gasteiger partial charge in [0.15, 0.2) is 0 Å². The highest BCUT2D eigenvalue weighted by Crippen LogP contribution is 2.36. The summed E-state index contributed by atoms with van der Waals surface area (Å²) in [5.41, 5.74) is 8.89. The van der Waals surface area contributed by atoms with Gasteiger partial charge in [-0.3, -0.25) is 0 Å². The Morgan fingerprint density at radius 3 is 2.32 bits per heavy atom. The second-order valence-corrected chi connectivity index (χ2v) is 7.13. The molecule has 0 amide bonds. The van der Waals surface area contributed by atoms with E-state index in [-0.39, 0.29) is 6.04 Å². The SMILES string of the molecule is CCN(C1CC1)S(=O)(=O)c1c(C)c(C)cc(N)c1C. The van der Waals surface area contributed by atoms with E-state index in [2.05, 4.69) is 0 Å². The summed E-state index contributed by atoms with van der Waals surface area (Å²) in [5, 5.41) is 0. The van der Waals surface area contributed by atoms with Gasteiger partial charge in [-0.1, -0.05) is 6.92 Å². The average Bonchev–Trinajstić information content (AvgIpc) is 3.11. The van der Waals surface area contributed by atoms with E-state index in [9.17, 15) is 8.42 Å². The number of anilines is 1. The molecule has 0 aliphatic heterocycles. The molecule has 1 aromatic rings. The van der Waals surface area contributed by atoms with Crippen molar-refractivity contribution in [1.82, 2.24) is 4.31 Å². The van der Waals surface area contributed by atoms with Crippen molar-refractivity contribution < 1.29 is 8.42 Å². The van der Waals surface area contributed by atoms with Crippen LogP contribution in [-0.4, -0.2) is 25.3 Å². The number of benzene rings is 1. The van der Waals surface area contributed by atoms with Crippen LogP contribution in [0.2, 0.25) is 0 Å². The summed E-state index contributed by atoms with van der Waals surface area (Å²) in [6.07, 6.45) is 1.93. The zero-order valence-electron chi connectivity index (χ0n) is 12.0. The summed E-state index contributed by atoms with van der Waals surface area (Å²) in [5.74, 6) is 0. The lowest BCUT2D eigenvalue weighted by atomic mass is 10.1. The summed E-state index contributed by atoms with van der Waals surface area (Å²) in [6.45, 7) is 7.95. The van der Waals surface area contributed by atoms with E-state index >= 15 is 0 Å². The van der Waals surface area contributed by atoms with Gasteiger partial charge < -0.3 is 5.73 Å². The molecule has 0 unspecified atom stereocenters. The fraction of sp³-hybridized carbons (Fsp3) is 0.571. The second kappa shape index (κ2) is 4.80. The molecule has 0 saturated heterocycles. The minimum atomic E-state index is -3.44. The van der Waals surface area contributed by atoms with Gasteiger partial charge in [0.25, 0.3) is 0 Å². The van der Waals surface area contributed by atoms with Crippen LogP contribution in [0.25, 0.3) is 0 Å². The molecule has 1 aromatic carbocycles. The van der Waals surface area contributed by atoms with Crippen LogP contribution < -0.4 is 5.73 Å². The topological polar surface area (TPSA) is 63.4 Å². The third kappa shape index (κ3) is 2.37. The lowest BCUT2D eigenvalue weighted by molar-refractivity contribution is 0.420. The predicted octanol–water partition coefficient (Wildman–Crippen LogP) is 2.37. The fourth-order valence-corrected chi connectivity index (χ4v) is 4.76. The van der Waals surface area contributed by atoms with Crippen LogP contribution in [0, 0.1) is 20.8 Å². The number of hydrogen-bond donors (Lipinski definition) is 1. The summed E-state index contributed by atoms with van der Waals surface area (Å²) < 4.78 is 27.3. The predicted molar refractivity (Wildman–Crippen MR) is 77.7 cm³/mol. The van der Waals surface area contributed by atoms with E-state index in [0.29, 0.717) is 22.7 Å². The zero-order valence-corrected chi connectivity index (χ0v) is 12.8. The molecule has 4 nitrogen and oxygen atoms in total. The molecule has 5 heteroatoms. The molecule has 0 radical (unpaired) electrons. The van der Waals surface area contributed by atoms with Crippen molar-refractivity contribution in [2.45, 2.75) is 51.5 Å². The Morgan fingerprint density at radius 1 is 1.26 bits per heavy atom. The van der Waals surface area contributed by atoms with Crippen molar-refractivity contribution in [2.75, 3.05) is 12.3 Å². The third-order valence-electron chi connectivity index (χ3n) is 3.91. The number of nitrogen functional groups attached to an aromatic ring is 1. The van der Waals surface area contributed by atoms with Crippen LogP contribution in [0.1, 0.15) is 36.5 Å². The van der Waals surface area contributed by atoms with Crippen molar-refractivity contribution >= 4 is 15.7 Å². The van der Waals surface area contributed by atoms with Gasteiger partial charge in [-0.2, -0.15) is 4.31 Å². The number of nitrogens with zero attached hydrogens (tertiary/aromatic N) is 1. The highest BCUT2D eigenvalue weighted by atomic mass is 32.2. The molecule has 2 N–H and O–H groups in total. The highest BCUT2D eigenvalue weighted by Gasteiger charge is 2.38. The smallest absolute Gasteiger partial charge is 0.243 e. The van der Waals surface area contributed by atoms with E-state index in [1.165, 1.54) is 0 Å². The molecule has 0 heterocycles. The van der Waals surface area contributed by atoms with Crippen LogP contribution in [-0.2, 0) is 10.0 Å². The lowest BCUT2D eigenvalue weighted by Crippen LogP contribution is -2.34. The number of nitrogens with two attached hydrogens (primary N) is 1. The normalized spacial score (nSPS) is 16.1. The Bertz CT molecular complexity index is 578. The summed E-state index contributed by atoms with van der Waals surface area (Å²) in [7, 11) is -3.44. The summed E-state index contributed by atoms with van der Waals surface area (Å²) >= 11 is 0. The van der Waals surface area contributed by atoms with Crippen molar-refractivity contribution in [3.8, 4) is 0 Å². The molecule has 19 heavy (non-hydrogen) atoms. The minimum Gasteiger partial charge on any atom is -0.398 e. The number of hydrogen-bond acceptors (Lipinski definition) is 3. The van der Waals surface area contributed by atoms with E-state index in [1.807, 2.05) is 26.8 Å². The Morgan fingerprint density at radius 2 is 1.84 bits per heavy atom. The van der Waals surface area contributed by atoms with Gasteiger partial charge in [-0.25, -0.2) is 8.42 Å². The summed E-state index contributed by atoms with van der Waals surface area (Å²) in [4.78, 5) is 0.402. The monoisotopic (exact) mass is 282 g/mol. The van der Waals surface area contributed by atoms with E-state index in [1.54, 1.807) is 11.2 Å². The maximum atomic E-state index is 12.9. The van der Waals surface area contributed by atoms with Gasteiger partial charge in [0.05, 0.1) is 4.90 Å². The van der Waals surface area contributed by atoms with Gasteiger partial charge in [0.1, 0.15) is 0 Å². The van der Waals surface area contributed by atoms with Crippen LogP contribution in [0.4, 0.5) is 5.69 Å². The third-order valence-corrected chi connectivity index (χ3v) is 6.21. The molecule has 0 spiro atoms. The van der Waals surface area contributed by atoms with Crippen molar-refractivity contribution in [2.24, 2.45) is 0 Å². The van der Waals surface area contributed by atoms with Crippen molar-refractivity contribution in [3.05, 3.63) is 22.8 Å². The molecule has 0 aromatic heterocycles. The van der Waals surface area contributed by atoms with Gasteiger partial charge in [-0.05, 0) is 56.4 Å². The van der Waals surface area contributed by atoms with E-state index in [4.69, 9.17) is 5.73 Å². The maximum absolute atomic E-state index is 12.9. The van der Waals surface area contributed by atoms with Crippen molar-refractivity contribution in [3.63, 3.8) is 0 Å². The Hall–Kier alpha value is -1.07. The first-order valence-electron chi connectivity index (χ1n) is 6.68. The average molecular weight is 282 g/mol. The Balaban J connectivity index is 2.63. The molecule has 1 aliphatic rings. The minimum absolute atomic E-state index is 0.176. The second-order valence-electron chi connectivity index (χ2n) is 5.30. The highest BCUT2D eigenvalue weighted by molar-refractivity contribution is 7.89. The largest absolute Gasteiger partial charge is 0.398 e. The summed E-state index contributed by atoms with van der Waals surface area (Å²) in [6, 6.07) is 2.02. The molecule has 2 rings (SSSR count). The van der Waals surface area contributed by atoms with Crippen LogP contribution in [0.15, 0.2) is 11.0 Å². The Kier molecular flexibility index (Phi) is 3.62. The molecule has 1 aliphatic carbocycles. The van der Waals surface area contributed by atoms with Crippen molar-refractivity contribution in [1.29, 1.82) is 0 Å². The fourth-order valence-electron chi connectivity index (χ4n) is 2.53. The van der Waals surface area contributed by atoms with Crippen LogP contribution in [0.5, 0.6) is 0 Å². The molecule has 0 bridgehead atoms.